The topological polar surface area (TPSA) is 71.4 Å². The van der Waals surface area contributed by atoms with Crippen molar-refractivity contribution in [3.63, 3.8) is 0 Å². The van der Waals surface area contributed by atoms with Crippen molar-refractivity contribution in [2.45, 2.75) is 0 Å². The van der Waals surface area contributed by atoms with E-state index in [4.69, 9.17) is 5.11 Å². The molecule has 0 aromatic heterocycles. The second-order valence-electron chi connectivity index (χ2n) is 2.61. The van der Waals surface area contributed by atoms with Gasteiger partial charge >= 0.3 is 5.97 Å². The number of halogens is 2. The summed E-state index contributed by atoms with van der Waals surface area (Å²) in [5.74, 6) is -1.26. The molecule has 1 rings (SSSR count). The molecular weight excluding hydrogens is 332 g/mol. The maximum absolute atomic E-state index is 11.0. The first-order valence-electron chi connectivity index (χ1n) is 3.70. The summed E-state index contributed by atoms with van der Waals surface area (Å²) in [5, 5.41) is 8.82. The van der Waals surface area contributed by atoms with Crippen LogP contribution in [0.2, 0.25) is 0 Å². The highest BCUT2D eigenvalue weighted by atomic mass is 79.9. The van der Waals surface area contributed by atoms with Crippen molar-refractivity contribution in [2.24, 2.45) is 0 Å². The molecule has 1 aromatic rings. The maximum Gasteiger partial charge on any atom is 0.336 e. The lowest BCUT2D eigenvalue weighted by Gasteiger charge is -2.02. The minimum absolute atomic E-state index is 0.0139. The Kier molecular flexibility index (Phi) is 3.76. The number of benzene rings is 1. The van der Waals surface area contributed by atoms with Crippen LogP contribution < -0.4 is 0 Å². The predicted molar refractivity (Wildman–Crippen MR) is 59.9 cm³/mol. The van der Waals surface area contributed by atoms with E-state index in [0.29, 0.717) is 0 Å². The highest BCUT2D eigenvalue weighted by molar-refractivity contribution is 9.18. The third-order valence-electron chi connectivity index (χ3n) is 1.69. The lowest BCUT2D eigenvalue weighted by molar-refractivity contribution is 0.0693. The highest BCUT2D eigenvalue weighted by Crippen LogP contribution is 2.17. The molecule has 15 heavy (non-hydrogen) atoms. The third kappa shape index (κ3) is 2.73. The molecule has 1 N–H and O–H groups in total. The Bertz CT molecular complexity index is 453. The SMILES string of the molecule is O=C(Br)c1ccc(C(=O)Br)c(C(=O)O)c1. The van der Waals surface area contributed by atoms with Gasteiger partial charge in [0.25, 0.3) is 0 Å². The van der Waals surface area contributed by atoms with Crippen molar-refractivity contribution in [3.8, 4) is 0 Å². The number of rotatable bonds is 3. The molecule has 0 heterocycles. The molecule has 0 aliphatic rings. The Hall–Kier alpha value is -1.01. The van der Waals surface area contributed by atoms with Crippen molar-refractivity contribution in [1.29, 1.82) is 0 Å². The quantitative estimate of drug-likeness (QED) is 0.861. The monoisotopic (exact) mass is 334 g/mol. The zero-order valence-corrected chi connectivity index (χ0v) is 10.3. The van der Waals surface area contributed by atoms with E-state index in [1.54, 1.807) is 0 Å². The largest absolute Gasteiger partial charge is 0.478 e. The van der Waals surface area contributed by atoms with Crippen molar-refractivity contribution in [1.82, 2.24) is 0 Å². The van der Waals surface area contributed by atoms with Crippen LogP contribution in [0.5, 0.6) is 0 Å². The number of carbonyl (C=O) groups is 3. The summed E-state index contributed by atoms with van der Waals surface area (Å²) in [7, 11) is 0. The lowest BCUT2D eigenvalue weighted by Crippen LogP contribution is -2.06. The number of aromatic carboxylic acids is 1. The lowest BCUT2D eigenvalue weighted by atomic mass is 10.1. The van der Waals surface area contributed by atoms with E-state index in [9.17, 15) is 14.4 Å². The van der Waals surface area contributed by atoms with Crippen LogP contribution in [0, 0.1) is 0 Å². The Balaban J connectivity index is 3.40. The second kappa shape index (κ2) is 4.67. The van der Waals surface area contributed by atoms with E-state index in [2.05, 4.69) is 31.9 Å². The molecule has 6 heteroatoms. The fourth-order valence-corrected chi connectivity index (χ4v) is 1.61. The van der Waals surface area contributed by atoms with Gasteiger partial charge in [0, 0.05) is 11.1 Å². The molecule has 0 aliphatic heterocycles. The van der Waals surface area contributed by atoms with Gasteiger partial charge in [-0.3, -0.25) is 9.59 Å². The van der Waals surface area contributed by atoms with Crippen LogP contribution in [-0.2, 0) is 0 Å². The Morgan fingerprint density at radius 2 is 1.60 bits per heavy atom. The fourth-order valence-electron chi connectivity index (χ4n) is 1.01. The van der Waals surface area contributed by atoms with E-state index in [1.165, 1.54) is 12.1 Å². The Morgan fingerprint density at radius 3 is 2.00 bits per heavy atom. The molecule has 0 amide bonds. The molecule has 0 atom stereocenters. The van der Waals surface area contributed by atoms with Gasteiger partial charge in [0.05, 0.1) is 5.56 Å². The Labute approximate surface area is 102 Å². The van der Waals surface area contributed by atoms with Crippen molar-refractivity contribution in [3.05, 3.63) is 34.9 Å². The van der Waals surface area contributed by atoms with E-state index in [0.717, 1.165) is 6.07 Å². The van der Waals surface area contributed by atoms with Crippen molar-refractivity contribution >= 4 is 47.2 Å². The number of hydrogen-bond donors (Lipinski definition) is 1. The standard InChI is InChI=1S/C9H4Br2O4/c10-7(12)4-1-2-5(8(11)13)6(3-4)9(14)15/h1-3H,(H,14,15). The van der Waals surface area contributed by atoms with Gasteiger partial charge in [0.2, 0.25) is 9.39 Å². The molecule has 0 radical (unpaired) electrons. The van der Waals surface area contributed by atoms with Gasteiger partial charge in [-0.05, 0) is 50.1 Å². The molecule has 0 bridgehead atoms. The number of carboxylic acid groups (broad SMARTS) is 1. The van der Waals surface area contributed by atoms with Gasteiger partial charge in [0.15, 0.2) is 0 Å². The van der Waals surface area contributed by atoms with Crippen LogP contribution >= 0.6 is 31.9 Å². The number of hydrogen-bond acceptors (Lipinski definition) is 3. The van der Waals surface area contributed by atoms with Gasteiger partial charge in [-0.15, -0.1) is 0 Å². The average Bonchev–Trinajstić information content (AvgIpc) is 2.16. The van der Waals surface area contributed by atoms with E-state index in [1.807, 2.05) is 0 Å². The summed E-state index contributed by atoms with van der Waals surface area (Å²) in [5.41, 5.74) is -0.00734. The zero-order chi connectivity index (χ0) is 11.6. The van der Waals surface area contributed by atoms with Gasteiger partial charge in [-0.1, -0.05) is 0 Å². The Morgan fingerprint density at radius 1 is 1.00 bits per heavy atom. The predicted octanol–water partition coefficient (Wildman–Crippen LogP) is 2.46. The minimum Gasteiger partial charge on any atom is -0.478 e. The summed E-state index contributed by atoms with van der Waals surface area (Å²) in [6.45, 7) is 0. The molecule has 0 saturated carbocycles. The molecule has 78 valence electrons. The summed E-state index contributed by atoms with van der Waals surface area (Å²) in [6.07, 6.45) is 0. The second-order valence-corrected chi connectivity index (χ2v) is 4.05. The first-order chi connectivity index (χ1) is 6.93. The van der Waals surface area contributed by atoms with E-state index in [-0.39, 0.29) is 16.7 Å². The van der Waals surface area contributed by atoms with E-state index >= 15 is 0 Å². The first-order valence-corrected chi connectivity index (χ1v) is 5.29. The summed E-state index contributed by atoms with van der Waals surface area (Å²) >= 11 is 5.36. The highest BCUT2D eigenvalue weighted by Gasteiger charge is 2.16. The summed E-state index contributed by atoms with van der Waals surface area (Å²) in [6, 6.07) is 3.81. The van der Waals surface area contributed by atoms with Crippen LogP contribution in [0.4, 0.5) is 0 Å². The van der Waals surface area contributed by atoms with Gasteiger partial charge in [0.1, 0.15) is 0 Å². The van der Waals surface area contributed by atoms with Crippen LogP contribution in [0.1, 0.15) is 31.1 Å². The minimum atomic E-state index is -1.26. The van der Waals surface area contributed by atoms with Gasteiger partial charge in [-0.2, -0.15) is 0 Å². The van der Waals surface area contributed by atoms with Crippen molar-refractivity contribution < 1.29 is 19.5 Å². The third-order valence-corrected chi connectivity index (χ3v) is 2.57. The van der Waals surface area contributed by atoms with Gasteiger partial charge in [-0.25, -0.2) is 4.79 Å². The van der Waals surface area contributed by atoms with Crippen LogP contribution in [-0.4, -0.2) is 20.5 Å². The molecule has 0 aliphatic carbocycles. The molecule has 1 aromatic carbocycles. The number of carbonyl (C=O) groups excluding carboxylic acids is 2. The number of carboxylic acids is 1. The maximum atomic E-state index is 11.0. The van der Waals surface area contributed by atoms with Crippen LogP contribution in [0.3, 0.4) is 0 Å². The van der Waals surface area contributed by atoms with Gasteiger partial charge < -0.3 is 5.11 Å². The van der Waals surface area contributed by atoms with Crippen LogP contribution in [0.25, 0.3) is 0 Å². The zero-order valence-electron chi connectivity index (χ0n) is 7.16. The molecule has 0 unspecified atom stereocenters. The van der Waals surface area contributed by atoms with Crippen molar-refractivity contribution in [2.75, 3.05) is 0 Å². The normalized spacial score (nSPS) is 9.73. The summed E-state index contributed by atoms with van der Waals surface area (Å²) in [4.78, 5) is 32.7. The molecule has 0 fully saturated rings. The summed E-state index contributed by atoms with van der Waals surface area (Å²) < 4.78 is -0.966. The molecular formula is C9H4Br2O4. The smallest absolute Gasteiger partial charge is 0.336 e. The van der Waals surface area contributed by atoms with E-state index < -0.39 is 15.4 Å². The molecule has 0 saturated heterocycles. The first kappa shape index (κ1) is 12.1. The van der Waals surface area contributed by atoms with Crippen LogP contribution in [0.15, 0.2) is 18.2 Å². The average molecular weight is 336 g/mol. The fraction of sp³-hybridized carbons (Fsp3) is 0. The molecule has 4 nitrogen and oxygen atoms in total. The molecule has 0 spiro atoms.